The first-order valence-electron chi connectivity index (χ1n) is 47.3. The van der Waals surface area contributed by atoms with Crippen LogP contribution in [-0.4, -0.2) is 245 Å². The van der Waals surface area contributed by atoms with E-state index in [1.165, 1.54) is 6.42 Å². The summed E-state index contributed by atoms with van der Waals surface area (Å²) in [7, 11) is 0. The van der Waals surface area contributed by atoms with Crippen LogP contribution in [0.25, 0.3) is 64.6 Å². The van der Waals surface area contributed by atoms with Gasteiger partial charge in [-0.3, -0.25) is 33.7 Å². The average molecular weight is 1760 g/mol. The maximum atomic E-state index is 12.3. The summed E-state index contributed by atoms with van der Waals surface area (Å²) in [5.74, 6) is 1.26. The minimum Gasteiger partial charge on any atom is -0.396 e. The number of likely N-dealkylation sites (tertiary alicyclic amines) is 6. The zero-order chi connectivity index (χ0) is 91.1. The SMILES string of the molecule is CC(C)(CO)CN1CCC(c2cc3ccccc3c(=O)[nH]2)CC1.CC(O)CN1CCC(c2cc3ccccc3c(=O)[nH]2)CC1.Cc1cccc2c(=O)[nH]c(C3CCN(CCCO)CC3)cc12.Cc1cccc2c(=O)[nH]c(CCCN3CCC[C@@H]3CO)cc12.Cc1cccc2c(=O)[nH]c(CCN3CCC(O)CC3)cc12.O=c1[nH]c(CCN2CCCC(O)C2)cc2ccccc12. The van der Waals surface area contributed by atoms with E-state index in [4.69, 9.17) is 5.11 Å². The number of fused-ring (bicyclic) bond motifs is 6. The number of rotatable bonds is 22. The molecule has 6 aliphatic heterocycles. The molecular weight excluding hydrogens is 1620 g/mol. The second kappa shape index (κ2) is 46.8. The van der Waals surface area contributed by atoms with E-state index in [0.29, 0.717) is 23.8 Å². The van der Waals surface area contributed by atoms with Crippen LogP contribution in [0.1, 0.15) is 179 Å². The number of β-amino-alcohol motifs (C(OH)–C–C–N with tert-alkyl or cyclic N) is 2. The number of piperidine rings is 5. The van der Waals surface area contributed by atoms with Gasteiger partial charge < -0.3 is 85.0 Å². The van der Waals surface area contributed by atoms with Crippen LogP contribution in [0, 0.1) is 26.2 Å². The number of aromatic amines is 6. The Bertz CT molecular complexity index is 6030. The Kier molecular flexibility index (Phi) is 35.0. The van der Waals surface area contributed by atoms with Crippen molar-refractivity contribution in [2.45, 2.75) is 193 Å². The van der Waals surface area contributed by atoms with Gasteiger partial charge in [-0.2, -0.15) is 0 Å². The largest absolute Gasteiger partial charge is 0.396 e. The summed E-state index contributed by atoms with van der Waals surface area (Å²) in [5.41, 5.74) is 9.59. The highest BCUT2D eigenvalue weighted by atomic mass is 16.3. The summed E-state index contributed by atoms with van der Waals surface area (Å²) in [6, 6.07) is 53.7. The minimum atomic E-state index is -0.276. The molecule has 6 aromatic carbocycles. The summed E-state index contributed by atoms with van der Waals surface area (Å²) in [6.07, 6.45) is 16.0. The molecule has 6 aliphatic rings. The topological polar surface area (TPSA) is 338 Å². The van der Waals surface area contributed by atoms with Gasteiger partial charge in [0.05, 0.1) is 24.9 Å². The van der Waals surface area contributed by atoms with E-state index < -0.39 is 0 Å². The van der Waals surface area contributed by atoms with E-state index in [0.717, 1.165) is 329 Å². The molecule has 6 saturated heterocycles. The van der Waals surface area contributed by atoms with Crippen molar-refractivity contribution in [3.05, 3.63) is 277 Å². The van der Waals surface area contributed by atoms with Crippen molar-refractivity contribution < 1.29 is 30.6 Å². The van der Waals surface area contributed by atoms with Crippen LogP contribution in [0.4, 0.5) is 0 Å². The normalized spacial score (nSPS) is 18.4. The number of aryl methyl sites for hydroxylation is 4. The lowest BCUT2D eigenvalue weighted by molar-refractivity contribution is 0.0712. The fourth-order valence-electron chi connectivity index (χ4n) is 19.7. The zero-order valence-electron chi connectivity index (χ0n) is 76.6. The van der Waals surface area contributed by atoms with E-state index in [-0.39, 0.29) is 76.9 Å². The van der Waals surface area contributed by atoms with Gasteiger partial charge in [-0.25, -0.2) is 0 Å². The number of benzene rings is 6. The quantitative estimate of drug-likeness (QED) is 0.0300. The maximum absolute atomic E-state index is 12.3. The highest BCUT2D eigenvalue weighted by Gasteiger charge is 2.30. The van der Waals surface area contributed by atoms with Gasteiger partial charge in [0, 0.05) is 174 Å². The Balaban J connectivity index is 0.000000132. The number of aliphatic hydroxyl groups is 6. The highest BCUT2D eigenvalue weighted by molar-refractivity contribution is 5.88. The smallest absolute Gasteiger partial charge is 0.256 e. The van der Waals surface area contributed by atoms with Gasteiger partial charge in [0.1, 0.15) is 0 Å². The van der Waals surface area contributed by atoms with Crippen molar-refractivity contribution in [1.29, 1.82) is 0 Å². The maximum Gasteiger partial charge on any atom is 0.256 e. The summed E-state index contributed by atoms with van der Waals surface area (Å²) < 4.78 is 0. The monoisotopic (exact) mass is 1760 g/mol. The lowest BCUT2D eigenvalue weighted by Crippen LogP contribution is -2.41. The molecule has 0 amide bonds. The second-order valence-corrected chi connectivity index (χ2v) is 37.7. The Morgan fingerprint density at radius 3 is 1.25 bits per heavy atom. The Morgan fingerprint density at radius 1 is 0.372 bits per heavy atom. The lowest BCUT2D eigenvalue weighted by atomic mass is 9.89. The van der Waals surface area contributed by atoms with Gasteiger partial charge in [-0.05, 0) is 305 Å². The van der Waals surface area contributed by atoms with Crippen molar-refractivity contribution in [2.75, 3.05) is 131 Å². The first-order valence-corrected chi connectivity index (χ1v) is 47.3. The highest BCUT2D eigenvalue weighted by Crippen LogP contribution is 2.33. The Labute approximate surface area is 756 Å². The Morgan fingerprint density at radius 2 is 0.767 bits per heavy atom. The van der Waals surface area contributed by atoms with Crippen molar-refractivity contribution >= 4 is 64.6 Å². The number of hydrogen-bond donors (Lipinski definition) is 12. The third-order valence-electron chi connectivity index (χ3n) is 27.2. The van der Waals surface area contributed by atoms with Crippen LogP contribution in [0.2, 0.25) is 0 Å². The average Bonchev–Trinajstić information content (AvgIpc) is 1.51. The fourth-order valence-corrected chi connectivity index (χ4v) is 19.7. The van der Waals surface area contributed by atoms with E-state index in [1.807, 2.05) is 142 Å². The lowest BCUT2D eigenvalue weighted by Gasteiger charge is -2.36. The molecule has 3 atom stereocenters. The number of aromatic nitrogens is 6. The molecular formula is C105H138N12O12. The number of hydrogen-bond acceptors (Lipinski definition) is 18. The molecule has 24 heteroatoms. The molecule has 0 bridgehead atoms. The number of nitrogens with zero attached hydrogens (tertiary/aromatic N) is 6. The summed E-state index contributed by atoms with van der Waals surface area (Å²) in [5, 5.41) is 67.1. The summed E-state index contributed by atoms with van der Waals surface area (Å²) in [4.78, 5) is 105. The van der Waals surface area contributed by atoms with E-state index >= 15 is 0 Å². The molecule has 24 nitrogen and oxygen atoms in total. The van der Waals surface area contributed by atoms with Crippen molar-refractivity contribution in [1.82, 2.24) is 59.3 Å². The molecule has 2 unspecified atom stereocenters. The van der Waals surface area contributed by atoms with Crippen LogP contribution >= 0.6 is 0 Å². The molecule has 0 radical (unpaired) electrons. The van der Waals surface area contributed by atoms with Gasteiger partial charge in [-0.1, -0.05) is 105 Å². The van der Waals surface area contributed by atoms with Crippen molar-refractivity contribution in [3.63, 3.8) is 0 Å². The molecule has 690 valence electrons. The van der Waals surface area contributed by atoms with Crippen LogP contribution in [0.5, 0.6) is 0 Å². The van der Waals surface area contributed by atoms with Gasteiger partial charge in [0.2, 0.25) is 0 Å². The third kappa shape index (κ3) is 26.9. The van der Waals surface area contributed by atoms with Gasteiger partial charge in [0.15, 0.2) is 0 Å². The van der Waals surface area contributed by atoms with Crippen LogP contribution in [-0.2, 0) is 19.3 Å². The first-order chi connectivity index (χ1) is 62.3. The number of pyridine rings is 6. The molecule has 0 spiro atoms. The molecule has 12 heterocycles. The van der Waals surface area contributed by atoms with Crippen LogP contribution in [0.15, 0.2) is 193 Å². The molecule has 129 heavy (non-hydrogen) atoms. The first kappa shape index (κ1) is 96.7. The van der Waals surface area contributed by atoms with Crippen molar-refractivity contribution in [2.24, 2.45) is 5.41 Å². The minimum absolute atomic E-state index is 0.000247. The standard InChI is InChI=1S/C19H26N2O2.2C18H24N2O2.2C17H22N2O2.C16H20N2O2/c1-19(2,13-22)12-21-9-7-14(8-10-21)17-11-15-5-3-4-6-16(15)18(23)20-17;1-13-5-2-8-16-17(13)11-14(19-18(16)22)6-3-9-20-10-4-7-15(20)12-21;1-13-4-2-5-15-16(13)12-17(19-18(15)22)14-6-9-20(10-7-14)8-3-11-21;1-12-3-2-4-15-16(12)11-13(18-17(15)21)5-8-19-9-6-14(20)7-10-19;1-12(20)11-19-8-6-13(7-9-19)16-10-14-4-2-3-5-15(14)17(21)18-16;19-14-5-3-8-18(11-14)9-7-13-10-12-4-1-2-6-15(12)16(20)17-13/h3-6,11,14,22H,7-10,12-13H2,1-2H3,(H,20,23);2,5,8,11,15,21H,3-4,6-7,9-10,12H2,1H3,(H,19,22);2,4-5,12,14,21H,3,6-11H2,1H3,(H,19,22);2-4,11,14,20H,5-10H2,1H3,(H,18,21);2-5,10,12-13,20H,6-9,11H2,1H3,(H,18,21);1-2,4,6,10,14,19H,3,5,7-9,11H2,(H,17,20)/t;15-;;;;/m.1..../s1. The molecule has 0 aliphatic carbocycles. The van der Waals surface area contributed by atoms with Crippen LogP contribution in [0.3, 0.4) is 0 Å². The predicted octanol–water partition coefficient (Wildman–Crippen LogP) is 12.8. The number of H-pyrrole nitrogens is 6. The molecule has 0 saturated carbocycles. The molecule has 6 fully saturated rings. The fraction of sp³-hybridized carbons (Fsp3) is 0.486. The Hall–Kier alpha value is -9.90. The summed E-state index contributed by atoms with van der Waals surface area (Å²) in [6.45, 7) is 29.1. The van der Waals surface area contributed by atoms with Gasteiger partial charge >= 0.3 is 0 Å². The number of aliphatic hydroxyl groups excluding tert-OH is 6. The van der Waals surface area contributed by atoms with Crippen LogP contribution < -0.4 is 33.4 Å². The number of nitrogens with one attached hydrogen (secondary N) is 6. The predicted molar refractivity (Wildman–Crippen MR) is 522 cm³/mol. The van der Waals surface area contributed by atoms with E-state index in [1.54, 1.807) is 0 Å². The van der Waals surface area contributed by atoms with Gasteiger partial charge in [0.25, 0.3) is 33.4 Å². The second-order valence-electron chi connectivity index (χ2n) is 37.7. The molecule has 6 aromatic heterocycles. The molecule has 12 aromatic rings. The van der Waals surface area contributed by atoms with Gasteiger partial charge in [-0.15, -0.1) is 0 Å². The molecule has 12 N–H and O–H groups in total. The van der Waals surface area contributed by atoms with E-state index in [2.05, 4.69) is 123 Å². The molecule has 18 rings (SSSR count). The summed E-state index contributed by atoms with van der Waals surface area (Å²) >= 11 is 0. The zero-order valence-corrected chi connectivity index (χ0v) is 76.6. The van der Waals surface area contributed by atoms with Crippen molar-refractivity contribution in [3.8, 4) is 0 Å². The van der Waals surface area contributed by atoms with E-state index in [9.17, 15) is 54.3 Å². The third-order valence-corrected chi connectivity index (χ3v) is 27.2.